The zero-order chi connectivity index (χ0) is 14.7. The molecule has 0 radical (unpaired) electrons. The third-order valence-electron chi connectivity index (χ3n) is 3.82. The highest BCUT2D eigenvalue weighted by molar-refractivity contribution is 6.00. The predicted molar refractivity (Wildman–Crippen MR) is 77.0 cm³/mol. The average Bonchev–Trinajstić information content (AvgIpc) is 2.94. The van der Waals surface area contributed by atoms with Crippen molar-refractivity contribution in [1.82, 2.24) is 4.90 Å². The first-order chi connectivity index (χ1) is 9.58. The molecule has 2 rings (SSSR count). The monoisotopic (exact) mass is 277 g/mol. The van der Waals surface area contributed by atoms with Crippen molar-refractivity contribution in [1.29, 1.82) is 0 Å². The number of nitrogens with zero attached hydrogens (tertiary/aromatic N) is 2. The van der Waals surface area contributed by atoms with Gasteiger partial charge >= 0.3 is 0 Å². The van der Waals surface area contributed by atoms with E-state index >= 15 is 0 Å². The molecule has 0 spiro atoms. The Hall–Kier alpha value is -2.11. The molecule has 1 N–H and O–H groups in total. The summed E-state index contributed by atoms with van der Waals surface area (Å²) in [5.74, 6) is -0.123. The number of amides is 1. The summed E-state index contributed by atoms with van der Waals surface area (Å²) in [6.45, 7) is 2.78. The van der Waals surface area contributed by atoms with Crippen molar-refractivity contribution in [2.75, 3.05) is 18.9 Å². The Morgan fingerprint density at radius 3 is 2.90 bits per heavy atom. The summed E-state index contributed by atoms with van der Waals surface area (Å²) < 4.78 is 0. The fourth-order valence-corrected chi connectivity index (χ4v) is 2.72. The molecule has 1 aromatic rings. The normalized spacial score (nSPS) is 18.1. The van der Waals surface area contributed by atoms with Crippen LogP contribution in [0, 0.1) is 10.1 Å². The van der Waals surface area contributed by atoms with Gasteiger partial charge in [-0.1, -0.05) is 6.92 Å². The Kier molecular flexibility index (Phi) is 4.22. The van der Waals surface area contributed by atoms with Gasteiger partial charge in [-0.25, -0.2) is 0 Å². The van der Waals surface area contributed by atoms with Crippen molar-refractivity contribution in [3.8, 4) is 0 Å². The molecule has 1 saturated heterocycles. The van der Waals surface area contributed by atoms with E-state index in [-0.39, 0.29) is 17.6 Å². The molecule has 1 atom stereocenters. The smallest absolute Gasteiger partial charge is 0.270 e. The molecule has 6 nitrogen and oxygen atoms in total. The van der Waals surface area contributed by atoms with E-state index in [1.54, 1.807) is 13.1 Å². The summed E-state index contributed by atoms with van der Waals surface area (Å²) in [4.78, 5) is 24.9. The Morgan fingerprint density at radius 1 is 1.55 bits per heavy atom. The number of nitro benzene ring substituents is 1. The molecule has 1 aromatic carbocycles. The third-order valence-corrected chi connectivity index (χ3v) is 3.82. The minimum Gasteiger partial charge on any atom is -0.387 e. The maximum Gasteiger partial charge on any atom is 0.270 e. The molecule has 0 aliphatic carbocycles. The van der Waals surface area contributed by atoms with Gasteiger partial charge < -0.3 is 10.2 Å². The first-order valence-corrected chi connectivity index (χ1v) is 6.85. The van der Waals surface area contributed by atoms with E-state index in [2.05, 4.69) is 12.2 Å². The van der Waals surface area contributed by atoms with Gasteiger partial charge in [-0.05, 0) is 25.3 Å². The fourth-order valence-electron chi connectivity index (χ4n) is 2.72. The van der Waals surface area contributed by atoms with Gasteiger partial charge in [-0.15, -0.1) is 0 Å². The van der Waals surface area contributed by atoms with E-state index in [0.717, 1.165) is 25.8 Å². The summed E-state index contributed by atoms with van der Waals surface area (Å²) in [6.07, 6.45) is 2.91. The van der Waals surface area contributed by atoms with E-state index in [0.29, 0.717) is 11.3 Å². The van der Waals surface area contributed by atoms with Crippen LogP contribution in [0.1, 0.15) is 36.5 Å². The molecule has 0 saturated carbocycles. The van der Waals surface area contributed by atoms with E-state index in [1.165, 1.54) is 12.1 Å². The molecule has 0 bridgehead atoms. The number of rotatable bonds is 4. The number of non-ortho nitro benzene ring substituents is 1. The maximum atomic E-state index is 12.6. The molecule has 1 amide bonds. The Morgan fingerprint density at radius 2 is 2.30 bits per heavy atom. The highest BCUT2D eigenvalue weighted by atomic mass is 16.6. The quantitative estimate of drug-likeness (QED) is 0.678. The number of nitrogens with one attached hydrogen (secondary N) is 1. The summed E-state index contributed by atoms with van der Waals surface area (Å²) in [5, 5.41) is 13.8. The lowest BCUT2D eigenvalue weighted by molar-refractivity contribution is -0.384. The van der Waals surface area contributed by atoms with Gasteiger partial charge in [-0.2, -0.15) is 0 Å². The van der Waals surface area contributed by atoms with Gasteiger partial charge in [0.15, 0.2) is 0 Å². The van der Waals surface area contributed by atoms with Gasteiger partial charge in [0.1, 0.15) is 0 Å². The van der Waals surface area contributed by atoms with Crippen molar-refractivity contribution < 1.29 is 9.72 Å². The molecule has 1 fully saturated rings. The number of carbonyl (C=O) groups excluding carboxylic acids is 1. The van der Waals surface area contributed by atoms with Crippen molar-refractivity contribution in [2.45, 2.75) is 32.2 Å². The number of anilines is 1. The highest BCUT2D eigenvalue weighted by Crippen LogP contribution is 2.27. The van der Waals surface area contributed by atoms with Crippen molar-refractivity contribution >= 4 is 17.3 Å². The summed E-state index contributed by atoms with van der Waals surface area (Å²) in [7, 11) is 1.71. The van der Waals surface area contributed by atoms with E-state index in [1.807, 2.05) is 4.90 Å². The lowest BCUT2D eigenvalue weighted by Crippen LogP contribution is -2.35. The number of carbonyl (C=O) groups is 1. The van der Waals surface area contributed by atoms with Gasteiger partial charge in [0.2, 0.25) is 0 Å². The summed E-state index contributed by atoms with van der Waals surface area (Å²) in [6, 6.07) is 4.59. The lowest BCUT2D eigenvalue weighted by atomic mass is 10.1. The second-order valence-electron chi connectivity index (χ2n) is 4.94. The second kappa shape index (κ2) is 5.90. The molecule has 108 valence electrons. The maximum absolute atomic E-state index is 12.6. The number of benzene rings is 1. The second-order valence-corrected chi connectivity index (χ2v) is 4.94. The standard InChI is InChI=1S/C14H19N3O3/c1-3-10-5-4-8-16(10)14(18)12-9-11(17(19)20)6-7-13(12)15-2/h6-7,9-10,15H,3-5,8H2,1-2H3. The largest absolute Gasteiger partial charge is 0.387 e. The first-order valence-electron chi connectivity index (χ1n) is 6.85. The van der Waals surface area contributed by atoms with Crippen LogP contribution in [0.4, 0.5) is 11.4 Å². The zero-order valence-electron chi connectivity index (χ0n) is 11.8. The van der Waals surface area contributed by atoms with E-state index in [9.17, 15) is 14.9 Å². The van der Waals surface area contributed by atoms with Crippen LogP contribution in [-0.4, -0.2) is 35.4 Å². The minimum absolute atomic E-state index is 0.0559. The third kappa shape index (κ3) is 2.59. The molecule has 1 aliphatic rings. The van der Waals surface area contributed by atoms with Crippen molar-refractivity contribution in [3.05, 3.63) is 33.9 Å². The van der Waals surface area contributed by atoms with Gasteiger partial charge in [0.05, 0.1) is 10.5 Å². The van der Waals surface area contributed by atoms with Crippen LogP contribution in [0.3, 0.4) is 0 Å². The van der Waals surface area contributed by atoms with E-state index in [4.69, 9.17) is 0 Å². The summed E-state index contributed by atoms with van der Waals surface area (Å²) >= 11 is 0. The molecule has 1 aliphatic heterocycles. The topological polar surface area (TPSA) is 75.5 Å². The number of hydrogen-bond acceptors (Lipinski definition) is 4. The summed E-state index contributed by atoms with van der Waals surface area (Å²) in [5.41, 5.74) is 0.948. The van der Waals surface area contributed by atoms with Gasteiger partial charge in [0, 0.05) is 37.5 Å². The average molecular weight is 277 g/mol. The van der Waals surface area contributed by atoms with E-state index < -0.39 is 4.92 Å². The Balaban J connectivity index is 2.37. The predicted octanol–water partition coefficient (Wildman–Crippen LogP) is 2.65. The molecule has 20 heavy (non-hydrogen) atoms. The minimum atomic E-state index is -0.475. The zero-order valence-corrected chi connectivity index (χ0v) is 11.8. The fraction of sp³-hybridized carbons (Fsp3) is 0.500. The highest BCUT2D eigenvalue weighted by Gasteiger charge is 2.30. The van der Waals surface area contributed by atoms with Crippen molar-refractivity contribution in [3.63, 3.8) is 0 Å². The molecular formula is C14H19N3O3. The van der Waals surface area contributed by atoms with Crippen LogP contribution >= 0.6 is 0 Å². The van der Waals surface area contributed by atoms with Crippen LogP contribution in [0.15, 0.2) is 18.2 Å². The van der Waals surface area contributed by atoms with Crippen LogP contribution in [-0.2, 0) is 0 Å². The molecule has 1 unspecified atom stereocenters. The molecule has 1 heterocycles. The number of hydrogen-bond donors (Lipinski definition) is 1. The van der Waals surface area contributed by atoms with Crippen LogP contribution in [0.25, 0.3) is 0 Å². The van der Waals surface area contributed by atoms with Gasteiger partial charge in [-0.3, -0.25) is 14.9 Å². The molecule has 0 aromatic heterocycles. The molecule has 6 heteroatoms. The van der Waals surface area contributed by atoms with Crippen LogP contribution in [0.5, 0.6) is 0 Å². The lowest BCUT2D eigenvalue weighted by Gasteiger charge is -2.24. The Bertz CT molecular complexity index is 530. The van der Waals surface area contributed by atoms with Crippen molar-refractivity contribution in [2.24, 2.45) is 0 Å². The first kappa shape index (κ1) is 14.3. The SMILES string of the molecule is CCC1CCCN1C(=O)c1cc([N+](=O)[O-])ccc1NC. The number of nitro groups is 1. The Labute approximate surface area is 117 Å². The van der Waals surface area contributed by atoms with Crippen LogP contribution < -0.4 is 5.32 Å². The van der Waals surface area contributed by atoms with Crippen LogP contribution in [0.2, 0.25) is 0 Å². The van der Waals surface area contributed by atoms with Gasteiger partial charge in [0.25, 0.3) is 11.6 Å². The molecular weight excluding hydrogens is 258 g/mol. The number of likely N-dealkylation sites (tertiary alicyclic amines) is 1.